The van der Waals surface area contributed by atoms with Crippen LogP contribution in [0.3, 0.4) is 0 Å². The van der Waals surface area contributed by atoms with Crippen LogP contribution in [0.15, 0.2) is 66.7 Å². The number of nitrogens with zero attached hydrogens (tertiary/aromatic N) is 1. The number of fused-ring (bicyclic) bond motifs is 2. The van der Waals surface area contributed by atoms with Crippen LogP contribution in [0.25, 0.3) is 6.08 Å². The highest BCUT2D eigenvalue weighted by Gasteiger charge is 2.32. The lowest BCUT2D eigenvalue weighted by molar-refractivity contribution is -0.127. The van der Waals surface area contributed by atoms with Gasteiger partial charge in [-0.2, -0.15) is 0 Å². The Hall–Kier alpha value is -3.93. The first-order valence-corrected chi connectivity index (χ1v) is 10.9. The van der Waals surface area contributed by atoms with Crippen molar-refractivity contribution in [3.8, 4) is 23.0 Å². The molecule has 0 spiro atoms. The van der Waals surface area contributed by atoms with Crippen molar-refractivity contribution in [3.63, 3.8) is 0 Å². The van der Waals surface area contributed by atoms with Crippen molar-refractivity contribution in [3.05, 3.63) is 89.0 Å². The minimum Gasteiger partial charge on any atom is -0.493 e. The van der Waals surface area contributed by atoms with E-state index < -0.39 is 0 Å². The summed E-state index contributed by atoms with van der Waals surface area (Å²) in [6.07, 6.45) is 4.18. The second kappa shape index (κ2) is 8.90. The first-order chi connectivity index (χ1) is 16.2. The van der Waals surface area contributed by atoms with E-state index in [0.29, 0.717) is 23.8 Å². The zero-order valence-corrected chi connectivity index (χ0v) is 18.6. The summed E-state index contributed by atoms with van der Waals surface area (Å²) in [4.78, 5) is 15.3. The van der Waals surface area contributed by atoms with E-state index in [0.717, 1.165) is 34.4 Å². The minimum atomic E-state index is -0.219. The molecule has 6 heteroatoms. The van der Waals surface area contributed by atoms with Gasteiger partial charge in [-0.3, -0.25) is 4.79 Å². The van der Waals surface area contributed by atoms with Crippen molar-refractivity contribution < 1.29 is 23.7 Å². The lowest BCUT2D eigenvalue weighted by Gasteiger charge is -2.37. The van der Waals surface area contributed by atoms with E-state index in [-0.39, 0.29) is 18.7 Å². The number of methoxy groups -OCH3 is 2. The van der Waals surface area contributed by atoms with E-state index in [1.165, 1.54) is 0 Å². The summed E-state index contributed by atoms with van der Waals surface area (Å²) in [7, 11) is 3.26. The molecule has 6 nitrogen and oxygen atoms in total. The van der Waals surface area contributed by atoms with Gasteiger partial charge in [0.25, 0.3) is 0 Å². The highest BCUT2D eigenvalue weighted by molar-refractivity contribution is 5.92. The highest BCUT2D eigenvalue weighted by atomic mass is 16.7. The topological polar surface area (TPSA) is 57.2 Å². The Morgan fingerprint density at radius 3 is 2.52 bits per heavy atom. The van der Waals surface area contributed by atoms with E-state index in [2.05, 4.69) is 12.1 Å². The number of hydrogen-bond donors (Lipinski definition) is 0. The van der Waals surface area contributed by atoms with Gasteiger partial charge in [-0.1, -0.05) is 36.4 Å². The highest BCUT2D eigenvalue weighted by Crippen LogP contribution is 2.41. The van der Waals surface area contributed by atoms with Crippen LogP contribution in [0.4, 0.5) is 0 Å². The molecule has 0 aliphatic carbocycles. The molecule has 5 rings (SSSR count). The fourth-order valence-corrected chi connectivity index (χ4v) is 4.46. The molecule has 2 heterocycles. The molecule has 2 aliphatic heterocycles. The Morgan fingerprint density at radius 2 is 1.73 bits per heavy atom. The van der Waals surface area contributed by atoms with Crippen LogP contribution in [0.1, 0.15) is 28.3 Å². The molecule has 0 aromatic heterocycles. The van der Waals surface area contributed by atoms with Crippen LogP contribution >= 0.6 is 0 Å². The third kappa shape index (κ3) is 4.00. The summed E-state index contributed by atoms with van der Waals surface area (Å²) in [5, 5.41) is 0. The Labute approximate surface area is 193 Å². The molecule has 2 aliphatic rings. The maximum Gasteiger partial charge on any atom is 0.247 e. The van der Waals surface area contributed by atoms with Crippen molar-refractivity contribution in [1.29, 1.82) is 0 Å². The number of carbonyl (C=O) groups excluding carboxylic acids is 1. The molecule has 3 aromatic rings. The van der Waals surface area contributed by atoms with Crippen LogP contribution in [-0.2, 0) is 11.2 Å². The summed E-state index contributed by atoms with van der Waals surface area (Å²) in [6.45, 7) is 0.827. The number of amides is 1. The Kier molecular flexibility index (Phi) is 5.65. The first kappa shape index (κ1) is 20.9. The third-order valence-corrected chi connectivity index (χ3v) is 6.09. The quantitative estimate of drug-likeness (QED) is 0.539. The smallest absolute Gasteiger partial charge is 0.247 e. The van der Waals surface area contributed by atoms with Gasteiger partial charge < -0.3 is 23.8 Å². The average molecular weight is 443 g/mol. The SMILES string of the molecule is COc1cc2c(cc1OC)C(c1ccccc1)N(C(=O)C=Cc1ccc3c(c1)OCO3)CC2. The molecular weight excluding hydrogens is 418 g/mol. The molecule has 0 saturated carbocycles. The van der Waals surface area contributed by atoms with Gasteiger partial charge >= 0.3 is 0 Å². The molecule has 1 amide bonds. The van der Waals surface area contributed by atoms with Crippen molar-refractivity contribution in [2.45, 2.75) is 12.5 Å². The third-order valence-electron chi connectivity index (χ3n) is 6.09. The van der Waals surface area contributed by atoms with Crippen LogP contribution in [0.5, 0.6) is 23.0 Å². The molecule has 3 aromatic carbocycles. The van der Waals surface area contributed by atoms with Crippen LogP contribution < -0.4 is 18.9 Å². The standard InChI is InChI=1S/C27H25NO5/c1-30-23-15-20-12-13-28(26(29)11-9-18-8-10-22-25(14-18)33-17-32-22)27(19-6-4-3-5-7-19)21(20)16-24(23)31-2/h3-11,14-16,27H,12-13,17H2,1-2H3. The van der Waals surface area contributed by atoms with Crippen LogP contribution in [0, 0.1) is 0 Å². The van der Waals surface area contributed by atoms with Gasteiger partial charge in [-0.15, -0.1) is 0 Å². The molecule has 1 unspecified atom stereocenters. The van der Waals surface area contributed by atoms with E-state index >= 15 is 0 Å². The van der Waals surface area contributed by atoms with Crippen molar-refractivity contribution >= 4 is 12.0 Å². The maximum absolute atomic E-state index is 13.4. The largest absolute Gasteiger partial charge is 0.493 e. The number of hydrogen-bond acceptors (Lipinski definition) is 5. The van der Waals surface area contributed by atoms with Gasteiger partial charge in [0, 0.05) is 12.6 Å². The van der Waals surface area contributed by atoms with E-state index in [4.69, 9.17) is 18.9 Å². The summed E-state index contributed by atoms with van der Waals surface area (Å²) >= 11 is 0. The van der Waals surface area contributed by atoms with Crippen LogP contribution in [-0.4, -0.2) is 38.4 Å². The van der Waals surface area contributed by atoms with Crippen molar-refractivity contribution in [2.75, 3.05) is 27.6 Å². The number of ether oxygens (including phenoxy) is 4. The number of benzene rings is 3. The van der Waals surface area contributed by atoms with Gasteiger partial charge in [-0.05, 0) is 59.0 Å². The van der Waals surface area contributed by atoms with Gasteiger partial charge in [0.05, 0.1) is 20.3 Å². The van der Waals surface area contributed by atoms with E-state index in [9.17, 15) is 4.79 Å². The molecule has 0 saturated heterocycles. The number of rotatable bonds is 5. The molecule has 0 radical (unpaired) electrons. The molecular formula is C27H25NO5. The molecule has 33 heavy (non-hydrogen) atoms. The summed E-state index contributed by atoms with van der Waals surface area (Å²) < 4.78 is 21.9. The maximum atomic E-state index is 13.4. The normalized spacial score (nSPS) is 16.5. The van der Waals surface area contributed by atoms with E-state index in [1.54, 1.807) is 20.3 Å². The van der Waals surface area contributed by atoms with Crippen molar-refractivity contribution in [1.82, 2.24) is 4.90 Å². The lowest BCUT2D eigenvalue weighted by atomic mass is 9.87. The summed E-state index contributed by atoms with van der Waals surface area (Å²) in [6, 6.07) is 19.5. The predicted molar refractivity (Wildman–Crippen MR) is 125 cm³/mol. The summed E-state index contributed by atoms with van der Waals surface area (Å²) in [5.41, 5.74) is 4.14. The monoisotopic (exact) mass is 443 g/mol. The van der Waals surface area contributed by atoms with Gasteiger partial charge in [-0.25, -0.2) is 0 Å². The Bertz CT molecular complexity index is 1200. The van der Waals surface area contributed by atoms with Gasteiger partial charge in [0.15, 0.2) is 23.0 Å². The second-order valence-electron chi connectivity index (χ2n) is 7.95. The first-order valence-electron chi connectivity index (χ1n) is 10.9. The molecule has 0 N–H and O–H groups in total. The Balaban J connectivity index is 1.49. The van der Waals surface area contributed by atoms with Gasteiger partial charge in [0.1, 0.15) is 0 Å². The Morgan fingerprint density at radius 1 is 0.970 bits per heavy atom. The zero-order valence-electron chi connectivity index (χ0n) is 18.6. The second-order valence-corrected chi connectivity index (χ2v) is 7.95. The van der Waals surface area contributed by atoms with Crippen molar-refractivity contribution in [2.24, 2.45) is 0 Å². The zero-order chi connectivity index (χ0) is 22.8. The van der Waals surface area contributed by atoms with Crippen LogP contribution in [0.2, 0.25) is 0 Å². The minimum absolute atomic E-state index is 0.0537. The molecule has 168 valence electrons. The van der Waals surface area contributed by atoms with Gasteiger partial charge in [0.2, 0.25) is 12.7 Å². The molecule has 0 bridgehead atoms. The average Bonchev–Trinajstić information content (AvgIpc) is 3.34. The van der Waals surface area contributed by atoms with E-state index in [1.807, 2.05) is 59.5 Å². The fourth-order valence-electron chi connectivity index (χ4n) is 4.46. The summed E-state index contributed by atoms with van der Waals surface area (Å²) in [5.74, 6) is 2.72. The molecule has 1 atom stereocenters. The number of carbonyl (C=O) groups is 1. The lowest BCUT2D eigenvalue weighted by Crippen LogP contribution is -2.39. The molecule has 0 fully saturated rings. The predicted octanol–water partition coefficient (Wildman–Crippen LogP) is 4.62. The fraction of sp³-hybridized carbons (Fsp3) is 0.222.